The summed E-state index contributed by atoms with van der Waals surface area (Å²) >= 11 is 0. The Balaban J connectivity index is 0. The molecule has 2 N–H and O–H groups in total. The van der Waals surface area contributed by atoms with Crippen LogP contribution in [0.5, 0.6) is 0 Å². The molecule has 86 valence electrons. The summed E-state index contributed by atoms with van der Waals surface area (Å²) in [7, 11) is 1.50. The summed E-state index contributed by atoms with van der Waals surface area (Å²) < 4.78 is 5.48. The van der Waals surface area contributed by atoms with Gasteiger partial charge in [-0.15, -0.1) is 0 Å². The van der Waals surface area contributed by atoms with Crippen molar-refractivity contribution in [3.8, 4) is 0 Å². The molecule has 1 atom stereocenters. The van der Waals surface area contributed by atoms with E-state index in [-0.39, 0.29) is 0 Å². The summed E-state index contributed by atoms with van der Waals surface area (Å²) in [6.07, 6.45) is 5.76. The summed E-state index contributed by atoms with van der Waals surface area (Å²) in [6.45, 7) is 9.26. The van der Waals surface area contributed by atoms with E-state index in [0.717, 1.165) is 18.9 Å². The standard InChI is InChI=1S/C9H16O.C2H6.CH5N/c1-3-9-7-8(2)5-4-6-10-9;2*1-2/h3,8H,4-7H2,1-2H3;1-2H3;2H2,1H3/b9-3+;;. The van der Waals surface area contributed by atoms with E-state index < -0.39 is 0 Å². The van der Waals surface area contributed by atoms with Gasteiger partial charge in [0.1, 0.15) is 0 Å². The van der Waals surface area contributed by atoms with Gasteiger partial charge in [0, 0.05) is 6.42 Å². The van der Waals surface area contributed by atoms with Crippen molar-refractivity contribution in [3.63, 3.8) is 0 Å². The number of allylic oxidation sites excluding steroid dienone is 2. The van der Waals surface area contributed by atoms with E-state index in [2.05, 4.69) is 18.7 Å². The monoisotopic (exact) mass is 201 g/mol. The Bertz CT molecular complexity index is 132. The highest BCUT2D eigenvalue weighted by Crippen LogP contribution is 2.21. The lowest BCUT2D eigenvalue weighted by Crippen LogP contribution is -1.92. The molecule has 2 heteroatoms. The second kappa shape index (κ2) is 12.5. The smallest absolute Gasteiger partial charge is 0.0919 e. The largest absolute Gasteiger partial charge is 0.498 e. The fourth-order valence-electron chi connectivity index (χ4n) is 1.34. The third-order valence-corrected chi connectivity index (χ3v) is 2.00. The normalized spacial score (nSPS) is 23.3. The topological polar surface area (TPSA) is 35.2 Å². The maximum Gasteiger partial charge on any atom is 0.0919 e. The highest BCUT2D eigenvalue weighted by molar-refractivity contribution is 4.92. The lowest BCUT2D eigenvalue weighted by atomic mass is 10.0. The lowest BCUT2D eigenvalue weighted by Gasteiger charge is -2.06. The van der Waals surface area contributed by atoms with Crippen molar-refractivity contribution < 1.29 is 4.74 Å². The van der Waals surface area contributed by atoms with Crippen molar-refractivity contribution >= 4 is 0 Å². The van der Waals surface area contributed by atoms with Crippen molar-refractivity contribution in [1.29, 1.82) is 0 Å². The predicted octanol–water partition coefficient (Wildman–Crippen LogP) is 3.33. The van der Waals surface area contributed by atoms with Crippen LogP contribution in [0, 0.1) is 5.92 Å². The average molecular weight is 201 g/mol. The minimum absolute atomic E-state index is 0.814. The Morgan fingerprint density at radius 3 is 2.43 bits per heavy atom. The third-order valence-electron chi connectivity index (χ3n) is 2.00. The van der Waals surface area contributed by atoms with E-state index in [9.17, 15) is 0 Å². The second-order valence-electron chi connectivity index (χ2n) is 3.05. The van der Waals surface area contributed by atoms with Gasteiger partial charge >= 0.3 is 0 Å². The zero-order chi connectivity index (χ0) is 11.4. The van der Waals surface area contributed by atoms with Crippen LogP contribution in [-0.4, -0.2) is 13.7 Å². The van der Waals surface area contributed by atoms with Gasteiger partial charge in [0.05, 0.1) is 12.4 Å². The first-order valence-corrected chi connectivity index (χ1v) is 5.68. The Morgan fingerprint density at radius 1 is 1.36 bits per heavy atom. The molecule has 1 aliphatic rings. The van der Waals surface area contributed by atoms with Gasteiger partial charge in [-0.05, 0) is 38.8 Å². The molecule has 1 rings (SSSR count). The molecular weight excluding hydrogens is 174 g/mol. The second-order valence-corrected chi connectivity index (χ2v) is 3.05. The van der Waals surface area contributed by atoms with Crippen molar-refractivity contribution in [2.45, 2.75) is 47.0 Å². The fourth-order valence-corrected chi connectivity index (χ4v) is 1.34. The van der Waals surface area contributed by atoms with Gasteiger partial charge < -0.3 is 10.5 Å². The maximum absolute atomic E-state index is 5.48. The quantitative estimate of drug-likeness (QED) is 0.652. The molecule has 1 heterocycles. The number of ether oxygens (including phenoxy) is 1. The van der Waals surface area contributed by atoms with Crippen molar-refractivity contribution in [2.24, 2.45) is 11.7 Å². The van der Waals surface area contributed by atoms with Crippen molar-refractivity contribution in [2.75, 3.05) is 13.7 Å². The minimum Gasteiger partial charge on any atom is -0.498 e. The zero-order valence-corrected chi connectivity index (χ0v) is 10.5. The molecule has 0 amide bonds. The third kappa shape index (κ3) is 8.11. The predicted molar refractivity (Wildman–Crippen MR) is 64.2 cm³/mol. The molecule has 1 saturated heterocycles. The summed E-state index contributed by atoms with van der Waals surface area (Å²) in [5.74, 6) is 2.00. The van der Waals surface area contributed by atoms with Gasteiger partial charge in [0.15, 0.2) is 0 Å². The number of rotatable bonds is 0. The van der Waals surface area contributed by atoms with Crippen LogP contribution in [0.1, 0.15) is 47.0 Å². The molecule has 0 spiro atoms. The highest BCUT2D eigenvalue weighted by atomic mass is 16.5. The molecule has 2 nitrogen and oxygen atoms in total. The van der Waals surface area contributed by atoms with Crippen molar-refractivity contribution in [3.05, 3.63) is 11.8 Å². The molecular formula is C12H27NO. The molecule has 0 aliphatic carbocycles. The summed E-state index contributed by atoms with van der Waals surface area (Å²) in [5, 5.41) is 0. The first-order chi connectivity index (χ1) is 6.83. The van der Waals surface area contributed by atoms with Crippen LogP contribution in [0.2, 0.25) is 0 Å². The average Bonchev–Trinajstić information content (AvgIpc) is 2.48. The van der Waals surface area contributed by atoms with Gasteiger partial charge in [-0.25, -0.2) is 0 Å². The van der Waals surface area contributed by atoms with E-state index in [1.165, 1.54) is 25.6 Å². The van der Waals surface area contributed by atoms with Gasteiger partial charge in [0.2, 0.25) is 0 Å². The molecule has 0 aromatic carbocycles. The molecule has 1 fully saturated rings. The Labute approximate surface area is 89.5 Å². The fraction of sp³-hybridized carbons (Fsp3) is 0.833. The highest BCUT2D eigenvalue weighted by Gasteiger charge is 2.10. The Kier molecular flexibility index (Phi) is 14.2. The van der Waals surface area contributed by atoms with Crippen molar-refractivity contribution in [1.82, 2.24) is 0 Å². The number of hydrogen-bond acceptors (Lipinski definition) is 2. The van der Waals surface area contributed by atoms with E-state index in [1.807, 2.05) is 20.8 Å². The van der Waals surface area contributed by atoms with Crippen LogP contribution in [0.25, 0.3) is 0 Å². The summed E-state index contributed by atoms with van der Waals surface area (Å²) in [5.41, 5.74) is 4.50. The van der Waals surface area contributed by atoms with E-state index in [0.29, 0.717) is 0 Å². The van der Waals surface area contributed by atoms with Gasteiger partial charge in [-0.1, -0.05) is 20.8 Å². The number of nitrogens with two attached hydrogens (primary N) is 1. The van der Waals surface area contributed by atoms with E-state index in [1.54, 1.807) is 0 Å². The zero-order valence-electron chi connectivity index (χ0n) is 10.5. The molecule has 0 radical (unpaired) electrons. The van der Waals surface area contributed by atoms with Gasteiger partial charge in [0.25, 0.3) is 0 Å². The maximum atomic E-state index is 5.48. The molecule has 0 aromatic heterocycles. The minimum atomic E-state index is 0.814. The van der Waals surface area contributed by atoms with Crippen LogP contribution >= 0.6 is 0 Å². The Hall–Kier alpha value is -0.500. The van der Waals surface area contributed by atoms with Crippen LogP contribution in [0.3, 0.4) is 0 Å². The molecule has 0 bridgehead atoms. The van der Waals surface area contributed by atoms with Crippen LogP contribution in [0.4, 0.5) is 0 Å². The molecule has 0 saturated carbocycles. The van der Waals surface area contributed by atoms with E-state index in [4.69, 9.17) is 4.74 Å². The van der Waals surface area contributed by atoms with E-state index >= 15 is 0 Å². The van der Waals surface area contributed by atoms with Crippen LogP contribution < -0.4 is 5.73 Å². The SMILES string of the molecule is C/C=C1\CC(C)CCCO1.CC.CN. The van der Waals surface area contributed by atoms with Gasteiger partial charge in [-0.3, -0.25) is 0 Å². The van der Waals surface area contributed by atoms with Gasteiger partial charge in [-0.2, -0.15) is 0 Å². The van der Waals surface area contributed by atoms with Crippen LogP contribution in [0.15, 0.2) is 11.8 Å². The molecule has 0 aromatic rings. The summed E-state index contributed by atoms with van der Waals surface area (Å²) in [4.78, 5) is 0. The van der Waals surface area contributed by atoms with Crippen LogP contribution in [-0.2, 0) is 4.74 Å². The molecule has 14 heavy (non-hydrogen) atoms. The summed E-state index contributed by atoms with van der Waals surface area (Å²) in [6, 6.07) is 0. The molecule has 1 aliphatic heterocycles. The lowest BCUT2D eigenvalue weighted by molar-refractivity contribution is 0.212. The molecule has 1 unspecified atom stereocenters. The first kappa shape index (κ1) is 15.9. The Morgan fingerprint density at radius 2 is 1.93 bits per heavy atom. The first-order valence-electron chi connectivity index (χ1n) is 5.68. The number of hydrogen-bond donors (Lipinski definition) is 1.